The van der Waals surface area contributed by atoms with Crippen molar-refractivity contribution in [3.05, 3.63) is 111 Å². The van der Waals surface area contributed by atoms with Gasteiger partial charge in [0.05, 0.1) is 39.3 Å². The Morgan fingerprint density at radius 2 is 1.65 bits per heavy atom. The molecule has 14 nitrogen and oxygen atoms in total. The first kappa shape index (κ1) is 40.6. The molecule has 0 saturated carbocycles. The molecule has 3 aromatic heterocycles. The molecular formula is C37H32ClF4N7O7S. The SMILES string of the molecule is CC(=O)N(c1nn(C)c2c(-n3c(C(Cc4cc(F)cc(F)c4)NC(=O)OC(C)(C)C)nc4nc(Oc5ccc(F)cc5F)ccc4c3=O)ccc(Cl)c12)S(C)(=O)=O. The second kappa shape index (κ2) is 15.1. The Morgan fingerprint density at radius 1 is 0.965 bits per heavy atom. The summed E-state index contributed by atoms with van der Waals surface area (Å²) < 4.78 is 96.5. The third-order valence-electron chi connectivity index (χ3n) is 8.15. The fourth-order valence-electron chi connectivity index (χ4n) is 6.08. The average Bonchev–Trinajstić information content (AvgIpc) is 3.40. The summed E-state index contributed by atoms with van der Waals surface area (Å²) in [7, 11) is -2.87. The normalized spacial score (nSPS) is 12.5. The number of carbonyl (C=O) groups excluding carboxylic acids is 2. The number of alkyl carbamates (subject to hydrolysis) is 1. The van der Waals surface area contributed by atoms with Crippen LogP contribution in [0.15, 0.2) is 65.5 Å². The summed E-state index contributed by atoms with van der Waals surface area (Å²) in [6.07, 6.45) is -0.626. The van der Waals surface area contributed by atoms with Gasteiger partial charge in [0.1, 0.15) is 28.9 Å². The second-order valence-corrected chi connectivity index (χ2v) is 16.0. The van der Waals surface area contributed by atoms with Crippen LogP contribution in [0.2, 0.25) is 5.02 Å². The highest BCUT2D eigenvalue weighted by atomic mass is 35.5. The Hall–Kier alpha value is -6.08. The van der Waals surface area contributed by atoms with Crippen LogP contribution >= 0.6 is 11.6 Å². The lowest BCUT2D eigenvalue weighted by molar-refractivity contribution is -0.115. The van der Waals surface area contributed by atoms with E-state index in [4.69, 9.17) is 21.1 Å². The fourth-order valence-corrected chi connectivity index (χ4v) is 7.23. The number of carbonyl (C=O) groups is 2. The van der Waals surface area contributed by atoms with E-state index in [1.807, 2.05) is 0 Å². The zero-order valence-corrected chi connectivity index (χ0v) is 32.5. The van der Waals surface area contributed by atoms with Gasteiger partial charge in [-0.1, -0.05) is 11.6 Å². The van der Waals surface area contributed by atoms with Crippen molar-refractivity contribution in [3.63, 3.8) is 0 Å². The van der Waals surface area contributed by atoms with Crippen molar-refractivity contribution in [2.45, 2.75) is 45.8 Å². The van der Waals surface area contributed by atoms with Gasteiger partial charge >= 0.3 is 6.09 Å². The van der Waals surface area contributed by atoms with Crippen LogP contribution in [0.1, 0.15) is 45.1 Å². The van der Waals surface area contributed by atoms with E-state index in [1.165, 1.54) is 36.0 Å². The van der Waals surface area contributed by atoms with E-state index in [9.17, 15) is 40.4 Å². The van der Waals surface area contributed by atoms with E-state index >= 15 is 0 Å². The van der Waals surface area contributed by atoms with Gasteiger partial charge in [0.15, 0.2) is 23.0 Å². The lowest BCUT2D eigenvalue weighted by atomic mass is 10.0. The van der Waals surface area contributed by atoms with E-state index < -0.39 is 74.7 Å². The molecule has 0 aliphatic rings. The predicted octanol–water partition coefficient (Wildman–Crippen LogP) is 6.79. The number of rotatable bonds is 9. The number of aromatic nitrogens is 5. The Bertz CT molecular complexity index is 2770. The summed E-state index contributed by atoms with van der Waals surface area (Å²) in [4.78, 5) is 49.8. The molecule has 6 aromatic rings. The third kappa shape index (κ3) is 8.53. The largest absolute Gasteiger partial charge is 0.444 e. The van der Waals surface area contributed by atoms with Crippen LogP contribution in [0, 0.1) is 23.3 Å². The minimum atomic E-state index is -4.27. The first-order valence-electron chi connectivity index (χ1n) is 16.8. The molecule has 0 fully saturated rings. The molecule has 298 valence electrons. The quantitative estimate of drug-likeness (QED) is 0.153. The van der Waals surface area contributed by atoms with Crippen LogP contribution in [0.4, 0.5) is 28.2 Å². The number of benzene rings is 3. The van der Waals surface area contributed by atoms with E-state index in [-0.39, 0.29) is 55.7 Å². The summed E-state index contributed by atoms with van der Waals surface area (Å²) in [5.74, 6) is -6.08. The monoisotopic (exact) mass is 829 g/mol. The molecule has 1 atom stereocenters. The third-order valence-corrected chi connectivity index (χ3v) is 9.56. The Morgan fingerprint density at radius 3 is 2.26 bits per heavy atom. The number of aryl methyl sites for hydroxylation is 1. The number of pyridine rings is 1. The van der Waals surface area contributed by atoms with Gasteiger partial charge in [0, 0.05) is 38.6 Å². The summed E-state index contributed by atoms with van der Waals surface area (Å²) in [5.41, 5.74) is -2.19. The smallest absolute Gasteiger partial charge is 0.408 e. The van der Waals surface area contributed by atoms with Crippen molar-refractivity contribution < 1.29 is 45.0 Å². The number of fused-ring (bicyclic) bond motifs is 2. The summed E-state index contributed by atoms with van der Waals surface area (Å²) in [6, 6.07) is 8.97. The van der Waals surface area contributed by atoms with Crippen molar-refractivity contribution in [1.82, 2.24) is 29.6 Å². The minimum absolute atomic E-state index is 0.0145. The zero-order chi connectivity index (χ0) is 41.7. The molecule has 2 amide bonds. The maximum absolute atomic E-state index is 14.8. The maximum atomic E-state index is 14.8. The van der Waals surface area contributed by atoms with Crippen molar-refractivity contribution >= 4 is 61.4 Å². The number of nitrogens with zero attached hydrogens (tertiary/aromatic N) is 6. The van der Waals surface area contributed by atoms with Gasteiger partial charge in [-0.25, -0.2) is 35.8 Å². The number of nitrogens with one attached hydrogen (secondary N) is 1. The zero-order valence-electron chi connectivity index (χ0n) is 30.9. The first-order chi connectivity index (χ1) is 26.6. The molecular weight excluding hydrogens is 798 g/mol. The first-order valence-corrected chi connectivity index (χ1v) is 19.0. The van der Waals surface area contributed by atoms with Crippen LogP contribution in [0.3, 0.4) is 0 Å². The Kier molecular flexibility index (Phi) is 10.8. The predicted molar refractivity (Wildman–Crippen MR) is 201 cm³/mol. The van der Waals surface area contributed by atoms with Crippen molar-refractivity contribution in [3.8, 4) is 17.3 Å². The van der Waals surface area contributed by atoms with Gasteiger partial charge in [0.25, 0.3) is 5.56 Å². The Labute approximate surface area is 326 Å². The topological polar surface area (TPSA) is 168 Å². The van der Waals surface area contributed by atoms with Gasteiger partial charge in [-0.05, 0) is 68.8 Å². The minimum Gasteiger partial charge on any atom is -0.444 e. The number of halogens is 5. The maximum Gasteiger partial charge on any atom is 0.408 e. The average molecular weight is 830 g/mol. The molecule has 0 spiro atoms. The van der Waals surface area contributed by atoms with E-state index in [2.05, 4.69) is 20.4 Å². The highest BCUT2D eigenvalue weighted by Gasteiger charge is 2.32. The number of hydrogen-bond donors (Lipinski definition) is 1. The van der Waals surface area contributed by atoms with Crippen molar-refractivity contribution in [2.24, 2.45) is 7.05 Å². The fraction of sp³-hybridized carbons (Fsp3) is 0.243. The van der Waals surface area contributed by atoms with Crippen LogP contribution in [0.5, 0.6) is 11.6 Å². The molecule has 0 radical (unpaired) electrons. The molecule has 1 unspecified atom stereocenters. The number of amides is 2. The van der Waals surface area contributed by atoms with Crippen molar-refractivity contribution in [2.75, 3.05) is 10.6 Å². The number of hydrogen-bond acceptors (Lipinski definition) is 10. The van der Waals surface area contributed by atoms with E-state index in [0.717, 1.165) is 42.0 Å². The van der Waals surface area contributed by atoms with Gasteiger partial charge in [0.2, 0.25) is 21.8 Å². The van der Waals surface area contributed by atoms with Gasteiger partial charge in [-0.15, -0.1) is 0 Å². The molecule has 20 heteroatoms. The molecule has 3 heterocycles. The molecule has 0 bridgehead atoms. The second-order valence-electron chi connectivity index (χ2n) is 13.8. The number of sulfonamides is 1. The standard InChI is InChI=1S/C37H32ClF4N7O7S/c1-18(50)49(57(6,53)54)34-30-24(38)9-10-27(31(30)47(5)46-34)48-33(26(43-36(52)56-37(2,3)4)15-19-13-21(40)16-22(41)14-19)45-32-23(35(48)51)8-12-29(44-32)55-28-11-7-20(39)17-25(28)42/h7-14,16-17,26H,15H2,1-6H3,(H,43,52). The summed E-state index contributed by atoms with van der Waals surface area (Å²) in [6.45, 7) is 5.78. The molecule has 1 N–H and O–H groups in total. The Balaban J connectivity index is 1.67. The van der Waals surface area contributed by atoms with Crippen LogP contribution < -0.4 is 19.9 Å². The van der Waals surface area contributed by atoms with Gasteiger partial charge in [-0.3, -0.25) is 18.8 Å². The number of anilines is 1. The number of ether oxygens (including phenoxy) is 2. The van der Waals surface area contributed by atoms with Crippen LogP contribution in [-0.2, 0) is 33.0 Å². The van der Waals surface area contributed by atoms with Gasteiger partial charge in [-0.2, -0.15) is 14.4 Å². The highest BCUT2D eigenvalue weighted by molar-refractivity contribution is 7.92. The summed E-state index contributed by atoms with van der Waals surface area (Å²) in [5, 5.41) is 6.63. The van der Waals surface area contributed by atoms with Crippen molar-refractivity contribution in [1.29, 1.82) is 0 Å². The molecule has 0 aliphatic heterocycles. The summed E-state index contributed by atoms with van der Waals surface area (Å²) >= 11 is 6.64. The molecule has 3 aromatic carbocycles. The molecule has 6 rings (SSSR count). The lowest BCUT2D eigenvalue weighted by Crippen LogP contribution is -2.39. The van der Waals surface area contributed by atoms with E-state index in [1.54, 1.807) is 20.8 Å². The molecule has 0 saturated heterocycles. The molecule has 0 aliphatic carbocycles. The van der Waals surface area contributed by atoms with E-state index in [0.29, 0.717) is 16.4 Å². The highest BCUT2D eigenvalue weighted by Crippen LogP contribution is 2.38. The molecule has 57 heavy (non-hydrogen) atoms. The lowest BCUT2D eigenvalue weighted by Gasteiger charge is -2.26. The van der Waals surface area contributed by atoms with Crippen LogP contribution in [-0.4, -0.2) is 56.6 Å². The van der Waals surface area contributed by atoms with Gasteiger partial charge < -0.3 is 14.8 Å². The van der Waals surface area contributed by atoms with Crippen LogP contribution in [0.25, 0.3) is 27.6 Å².